The molecule has 1 N–H and O–H groups in total. The quantitative estimate of drug-likeness (QED) is 0.919. The number of likely N-dealkylation sites (tertiary alicyclic amines) is 1. The zero-order valence-electron chi connectivity index (χ0n) is 13.1. The smallest absolute Gasteiger partial charge is 0.260 e. The second kappa shape index (κ2) is 6.57. The van der Waals surface area contributed by atoms with Gasteiger partial charge in [-0.1, -0.05) is 6.07 Å². The maximum atomic E-state index is 12.4. The van der Waals surface area contributed by atoms with Gasteiger partial charge in [0.2, 0.25) is 0 Å². The molecule has 22 heavy (non-hydrogen) atoms. The number of carbonyl (C=O) groups is 1. The fourth-order valence-electron chi connectivity index (χ4n) is 3.49. The Morgan fingerprint density at radius 1 is 1.36 bits per heavy atom. The Kier molecular flexibility index (Phi) is 4.52. The minimum atomic E-state index is 0.0776. The largest absolute Gasteiger partial charge is 0.497 e. The Balaban J connectivity index is 1.55. The highest BCUT2D eigenvalue weighted by Gasteiger charge is 2.39. The van der Waals surface area contributed by atoms with E-state index in [1.54, 1.807) is 13.2 Å². The van der Waals surface area contributed by atoms with Crippen LogP contribution in [0.4, 0.5) is 0 Å². The van der Waals surface area contributed by atoms with Crippen molar-refractivity contribution in [2.45, 2.75) is 19.3 Å². The molecule has 1 amide bonds. The van der Waals surface area contributed by atoms with Gasteiger partial charge in [-0.25, -0.2) is 0 Å². The highest BCUT2D eigenvalue weighted by atomic mass is 16.5. The van der Waals surface area contributed by atoms with E-state index in [2.05, 4.69) is 5.32 Å². The van der Waals surface area contributed by atoms with Crippen molar-refractivity contribution >= 4 is 5.91 Å². The normalized spacial score (nSPS) is 24.5. The van der Waals surface area contributed by atoms with Crippen LogP contribution in [0.3, 0.4) is 0 Å². The van der Waals surface area contributed by atoms with E-state index in [1.165, 1.54) is 12.8 Å². The van der Waals surface area contributed by atoms with E-state index in [0.29, 0.717) is 11.2 Å². The third-order valence-electron chi connectivity index (χ3n) is 4.75. The number of hydrogen-bond donors (Lipinski definition) is 1. The molecule has 1 atom stereocenters. The van der Waals surface area contributed by atoms with E-state index in [0.717, 1.165) is 38.3 Å². The van der Waals surface area contributed by atoms with Crippen LogP contribution in [0.2, 0.25) is 0 Å². The number of carbonyl (C=O) groups excluding carboxylic acids is 1. The molecule has 1 aromatic carbocycles. The summed E-state index contributed by atoms with van der Waals surface area (Å²) < 4.78 is 10.8. The number of amides is 1. The summed E-state index contributed by atoms with van der Waals surface area (Å²) in [7, 11) is 1.62. The molecule has 2 aliphatic heterocycles. The molecular formula is C17H24N2O3. The van der Waals surface area contributed by atoms with Crippen molar-refractivity contribution in [2.24, 2.45) is 5.41 Å². The van der Waals surface area contributed by atoms with E-state index in [9.17, 15) is 4.79 Å². The standard InChI is InChI=1S/C17H24N2O3/c1-21-14-4-2-5-15(10-14)22-11-16(20)19-9-3-6-17(13-19)7-8-18-12-17/h2,4-5,10,18H,3,6-9,11-13H2,1H3/t17-/m1/s1. The second-order valence-corrected chi connectivity index (χ2v) is 6.31. The Morgan fingerprint density at radius 3 is 3.00 bits per heavy atom. The summed E-state index contributed by atoms with van der Waals surface area (Å²) in [5, 5.41) is 3.43. The fraction of sp³-hybridized carbons (Fsp3) is 0.588. The molecule has 1 spiro atoms. The lowest BCUT2D eigenvalue weighted by molar-refractivity contribution is -0.136. The van der Waals surface area contributed by atoms with Gasteiger partial charge in [0.05, 0.1) is 7.11 Å². The maximum absolute atomic E-state index is 12.4. The molecule has 0 radical (unpaired) electrons. The Bertz CT molecular complexity index is 526. The highest BCUT2D eigenvalue weighted by molar-refractivity contribution is 5.78. The van der Waals surface area contributed by atoms with Crippen LogP contribution in [0.25, 0.3) is 0 Å². The molecule has 1 aromatic rings. The van der Waals surface area contributed by atoms with Crippen LogP contribution in [0.5, 0.6) is 11.5 Å². The molecule has 2 aliphatic rings. The predicted octanol–water partition coefficient (Wildman–Crippen LogP) is 1.68. The van der Waals surface area contributed by atoms with Crippen LogP contribution in [0, 0.1) is 5.41 Å². The van der Waals surface area contributed by atoms with Crippen LogP contribution in [-0.4, -0.2) is 50.7 Å². The number of nitrogens with one attached hydrogen (secondary N) is 1. The topological polar surface area (TPSA) is 50.8 Å². The van der Waals surface area contributed by atoms with Crippen molar-refractivity contribution in [1.82, 2.24) is 10.2 Å². The van der Waals surface area contributed by atoms with Gasteiger partial charge in [0.1, 0.15) is 11.5 Å². The van der Waals surface area contributed by atoms with Crippen molar-refractivity contribution in [3.8, 4) is 11.5 Å². The number of methoxy groups -OCH3 is 1. The molecule has 0 aliphatic carbocycles. The summed E-state index contributed by atoms with van der Waals surface area (Å²) in [6.45, 7) is 3.91. The van der Waals surface area contributed by atoms with Crippen molar-refractivity contribution in [3.05, 3.63) is 24.3 Å². The Labute approximate surface area is 131 Å². The van der Waals surface area contributed by atoms with Gasteiger partial charge in [0.15, 0.2) is 6.61 Å². The average Bonchev–Trinajstić information content (AvgIpc) is 3.00. The van der Waals surface area contributed by atoms with Gasteiger partial charge in [-0.15, -0.1) is 0 Å². The molecule has 3 rings (SSSR count). The average molecular weight is 304 g/mol. The summed E-state index contributed by atoms with van der Waals surface area (Å²) in [5.41, 5.74) is 0.296. The summed E-state index contributed by atoms with van der Waals surface area (Å²) >= 11 is 0. The SMILES string of the molecule is COc1cccc(OCC(=O)N2CCC[C@]3(CCNC3)C2)c1. The first-order valence-electron chi connectivity index (χ1n) is 7.96. The molecule has 2 fully saturated rings. The van der Waals surface area contributed by atoms with Crippen molar-refractivity contribution in [2.75, 3.05) is 39.9 Å². The first kappa shape index (κ1) is 15.2. The number of nitrogens with zero attached hydrogens (tertiary/aromatic N) is 1. The Hall–Kier alpha value is -1.75. The molecule has 5 heteroatoms. The minimum absolute atomic E-state index is 0.0776. The van der Waals surface area contributed by atoms with Gasteiger partial charge in [0, 0.05) is 31.1 Å². The van der Waals surface area contributed by atoms with Gasteiger partial charge >= 0.3 is 0 Å². The second-order valence-electron chi connectivity index (χ2n) is 6.31. The van der Waals surface area contributed by atoms with Crippen molar-refractivity contribution in [1.29, 1.82) is 0 Å². The van der Waals surface area contributed by atoms with Gasteiger partial charge in [-0.2, -0.15) is 0 Å². The third-order valence-corrected chi connectivity index (χ3v) is 4.75. The van der Waals surface area contributed by atoms with Crippen molar-refractivity contribution in [3.63, 3.8) is 0 Å². The lowest BCUT2D eigenvalue weighted by Crippen LogP contribution is -2.48. The zero-order chi connectivity index (χ0) is 15.4. The predicted molar refractivity (Wildman–Crippen MR) is 84.2 cm³/mol. The van der Waals surface area contributed by atoms with Gasteiger partial charge in [-0.05, 0) is 37.9 Å². The summed E-state index contributed by atoms with van der Waals surface area (Å²) in [5.74, 6) is 1.48. The highest BCUT2D eigenvalue weighted by Crippen LogP contribution is 2.35. The Morgan fingerprint density at radius 2 is 2.23 bits per heavy atom. The summed E-state index contributed by atoms with van der Waals surface area (Å²) in [6.07, 6.45) is 3.49. The van der Waals surface area contributed by atoms with Gasteiger partial charge in [0.25, 0.3) is 5.91 Å². The van der Waals surface area contributed by atoms with E-state index < -0.39 is 0 Å². The minimum Gasteiger partial charge on any atom is -0.497 e. The van der Waals surface area contributed by atoms with Gasteiger partial charge in [-0.3, -0.25) is 4.79 Å². The van der Waals surface area contributed by atoms with Crippen molar-refractivity contribution < 1.29 is 14.3 Å². The summed E-state index contributed by atoms with van der Waals surface area (Å²) in [6, 6.07) is 7.36. The van der Waals surface area contributed by atoms with Crippen LogP contribution >= 0.6 is 0 Å². The van der Waals surface area contributed by atoms with Crippen LogP contribution in [-0.2, 0) is 4.79 Å². The van der Waals surface area contributed by atoms with E-state index in [-0.39, 0.29) is 12.5 Å². The van der Waals surface area contributed by atoms with E-state index >= 15 is 0 Å². The number of ether oxygens (including phenoxy) is 2. The number of hydrogen-bond acceptors (Lipinski definition) is 4. The number of rotatable bonds is 4. The molecule has 5 nitrogen and oxygen atoms in total. The first-order chi connectivity index (χ1) is 10.7. The fourth-order valence-corrected chi connectivity index (χ4v) is 3.49. The molecule has 2 saturated heterocycles. The molecule has 0 bridgehead atoms. The summed E-state index contributed by atoms with van der Waals surface area (Å²) in [4.78, 5) is 14.4. The maximum Gasteiger partial charge on any atom is 0.260 e. The molecule has 0 saturated carbocycles. The number of piperidine rings is 1. The molecule has 0 aromatic heterocycles. The van der Waals surface area contributed by atoms with Gasteiger partial charge < -0.3 is 19.7 Å². The monoisotopic (exact) mass is 304 g/mol. The van der Waals surface area contributed by atoms with Crippen LogP contribution in [0.1, 0.15) is 19.3 Å². The lowest BCUT2D eigenvalue weighted by Gasteiger charge is -2.40. The van der Waals surface area contributed by atoms with E-state index in [4.69, 9.17) is 9.47 Å². The molecule has 0 unspecified atom stereocenters. The third kappa shape index (κ3) is 3.35. The number of benzene rings is 1. The first-order valence-corrected chi connectivity index (χ1v) is 7.96. The van der Waals surface area contributed by atoms with Crippen LogP contribution in [0.15, 0.2) is 24.3 Å². The molecular weight excluding hydrogens is 280 g/mol. The lowest BCUT2D eigenvalue weighted by atomic mass is 9.79. The zero-order valence-corrected chi connectivity index (χ0v) is 13.1. The van der Waals surface area contributed by atoms with E-state index in [1.807, 2.05) is 23.1 Å². The molecule has 120 valence electrons. The molecule has 2 heterocycles. The van der Waals surface area contributed by atoms with Crippen LogP contribution < -0.4 is 14.8 Å².